The van der Waals surface area contributed by atoms with E-state index in [2.05, 4.69) is 6.92 Å². The number of aliphatic hydroxyl groups is 1. The third-order valence-corrected chi connectivity index (χ3v) is 3.98. The third-order valence-electron chi connectivity index (χ3n) is 3.78. The van der Waals surface area contributed by atoms with Crippen LogP contribution in [-0.4, -0.2) is 64.7 Å². The SMILES string of the molecule is CCCn1cc(Cl)cc1C(=O)N1CC(O)CC1CN(C)C. The molecule has 2 heterocycles. The van der Waals surface area contributed by atoms with Crippen molar-refractivity contribution in [2.45, 2.75) is 38.5 Å². The van der Waals surface area contributed by atoms with Gasteiger partial charge in [-0.3, -0.25) is 4.79 Å². The van der Waals surface area contributed by atoms with Gasteiger partial charge in [0.05, 0.1) is 11.1 Å². The maximum Gasteiger partial charge on any atom is 0.270 e. The lowest BCUT2D eigenvalue weighted by Crippen LogP contribution is -2.42. The minimum Gasteiger partial charge on any atom is -0.391 e. The first-order valence-electron chi connectivity index (χ1n) is 7.41. The van der Waals surface area contributed by atoms with Gasteiger partial charge in [-0.1, -0.05) is 18.5 Å². The number of hydrogen-bond donors (Lipinski definition) is 1. The van der Waals surface area contributed by atoms with Crippen molar-refractivity contribution in [1.82, 2.24) is 14.4 Å². The Balaban J connectivity index is 2.21. The van der Waals surface area contributed by atoms with Gasteiger partial charge in [0.25, 0.3) is 5.91 Å². The van der Waals surface area contributed by atoms with E-state index in [1.54, 1.807) is 17.2 Å². The Morgan fingerprint density at radius 2 is 2.24 bits per heavy atom. The number of rotatable bonds is 5. The molecule has 1 aromatic heterocycles. The van der Waals surface area contributed by atoms with Crippen LogP contribution in [0.4, 0.5) is 0 Å². The van der Waals surface area contributed by atoms with Crippen LogP contribution in [0.3, 0.4) is 0 Å². The lowest BCUT2D eigenvalue weighted by Gasteiger charge is -2.27. The van der Waals surface area contributed by atoms with Crippen LogP contribution in [0.15, 0.2) is 12.3 Å². The molecule has 2 rings (SSSR count). The van der Waals surface area contributed by atoms with Crippen LogP contribution in [0.5, 0.6) is 0 Å². The quantitative estimate of drug-likeness (QED) is 0.900. The zero-order chi connectivity index (χ0) is 15.6. The van der Waals surface area contributed by atoms with E-state index in [1.165, 1.54) is 0 Å². The van der Waals surface area contributed by atoms with E-state index in [4.69, 9.17) is 11.6 Å². The number of amides is 1. The summed E-state index contributed by atoms with van der Waals surface area (Å²) < 4.78 is 1.90. The molecule has 2 atom stereocenters. The number of nitrogens with zero attached hydrogens (tertiary/aromatic N) is 3. The Labute approximate surface area is 131 Å². The Morgan fingerprint density at radius 1 is 1.52 bits per heavy atom. The highest BCUT2D eigenvalue weighted by Gasteiger charge is 2.35. The third kappa shape index (κ3) is 3.78. The van der Waals surface area contributed by atoms with Crippen molar-refractivity contribution in [3.8, 4) is 0 Å². The van der Waals surface area contributed by atoms with Crippen molar-refractivity contribution in [3.05, 3.63) is 23.0 Å². The molecular formula is C15H24ClN3O2. The summed E-state index contributed by atoms with van der Waals surface area (Å²) in [4.78, 5) is 16.6. The van der Waals surface area contributed by atoms with Gasteiger partial charge < -0.3 is 19.5 Å². The lowest BCUT2D eigenvalue weighted by molar-refractivity contribution is 0.0688. The molecule has 1 saturated heterocycles. The highest BCUT2D eigenvalue weighted by atomic mass is 35.5. The van der Waals surface area contributed by atoms with Gasteiger partial charge in [-0.05, 0) is 33.0 Å². The fourth-order valence-corrected chi connectivity index (χ4v) is 3.18. The summed E-state index contributed by atoms with van der Waals surface area (Å²) in [7, 11) is 3.95. The van der Waals surface area contributed by atoms with Gasteiger partial charge in [0.15, 0.2) is 0 Å². The largest absolute Gasteiger partial charge is 0.391 e. The second-order valence-corrected chi connectivity index (χ2v) is 6.44. The van der Waals surface area contributed by atoms with E-state index < -0.39 is 6.10 Å². The van der Waals surface area contributed by atoms with Gasteiger partial charge in [-0.2, -0.15) is 0 Å². The molecule has 0 bridgehead atoms. The minimum absolute atomic E-state index is 0.0428. The number of aryl methyl sites for hydroxylation is 1. The Morgan fingerprint density at radius 3 is 2.86 bits per heavy atom. The summed E-state index contributed by atoms with van der Waals surface area (Å²) in [6, 6.07) is 1.77. The van der Waals surface area contributed by atoms with Crippen LogP contribution < -0.4 is 0 Å². The van der Waals surface area contributed by atoms with E-state index >= 15 is 0 Å². The number of aliphatic hydroxyl groups excluding tert-OH is 1. The molecule has 0 aliphatic carbocycles. The van der Waals surface area contributed by atoms with Crippen LogP contribution in [0, 0.1) is 0 Å². The zero-order valence-corrected chi connectivity index (χ0v) is 13.7. The van der Waals surface area contributed by atoms with E-state index in [0.717, 1.165) is 19.5 Å². The molecule has 2 unspecified atom stereocenters. The highest BCUT2D eigenvalue weighted by Crippen LogP contribution is 2.23. The van der Waals surface area contributed by atoms with E-state index in [-0.39, 0.29) is 11.9 Å². The van der Waals surface area contributed by atoms with E-state index in [9.17, 15) is 9.90 Å². The average Bonchev–Trinajstić information content (AvgIpc) is 2.92. The van der Waals surface area contributed by atoms with Crippen LogP contribution >= 0.6 is 11.6 Å². The number of carbonyl (C=O) groups is 1. The summed E-state index contributed by atoms with van der Waals surface area (Å²) in [5, 5.41) is 10.5. The highest BCUT2D eigenvalue weighted by molar-refractivity contribution is 6.31. The van der Waals surface area contributed by atoms with Crippen LogP contribution in [0.2, 0.25) is 5.02 Å². The molecule has 1 N–H and O–H groups in total. The molecule has 1 amide bonds. The Bertz CT molecular complexity index is 501. The Hall–Kier alpha value is -1.04. The average molecular weight is 314 g/mol. The smallest absolute Gasteiger partial charge is 0.270 e. The fraction of sp³-hybridized carbons (Fsp3) is 0.667. The van der Waals surface area contributed by atoms with Gasteiger partial charge >= 0.3 is 0 Å². The number of β-amino-alcohol motifs (C(OH)–C–C–N with tert-alkyl or cyclic N) is 1. The summed E-state index contributed by atoms with van der Waals surface area (Å²) in [6.45, 7) is 3.98. The number of likely N-dealkylation sites (tertiary alicyclic amines) is 1. The van der Waals surface area contributed by atoms with Crippen molar-refractivity contribution in [3.63, 3.8) is 0 Å². The van der Waals surface area contributed by atoms with Gasteiger partial charge in [0.1, 0.15) is 5.69 Å². The van der Waals surface area contributed by atoms with E-state index in [1.807, 2.05) is 23.6 Å². The topological polar surface area (TPSA) is 48.7 Å². The van der Waals surface area contributed by atoms with Gasteiger partial charge in [0, 0.05) is 31.9 Å². The zero-order valence-electron chi connectivity index (χ0n) is 12.9. The normalized spacial score (nSPS) is 22.3. The molecule has 118 valence electrons. The molecule has 0 radical (unpaired) electrons. The molecule has 6 heteroatoms. The van der Waals surface area contributed by atoms with E-state index in [0.29, 0.717) is 23.7 Å². The first kappa shape index (κ1) is 16.3. The molecule has 1 aliphatic rings. The maximum absolute atomic E-state index is 12.8. The van der Waals surface area contributed by atoms with Crippen molar-refractivity contribution in [2.75, 3.05) is 27.2 Å². The standard InChI is InChI=1S/C15H24ClN3O2/c1-4-5-18-8-11(16)6-14(18)15(21)19-10-13(20)7-12(19)9-17(2)3/h6,8,12-13,20H,4-5,7,9-10H2,1-3H3. The second-order valence-electron chi connectivity index (χ2n) is 6.00. The monoisotopic (exact) mass is 313 g/mol. The van der Waals surface area contributed by atoms with Crippen molar-refractivity contribution in [1.29, 1.82) is 0 Å². The summed E-state index contributed by atoms with van der Waals surface area (Å²) in [5.41, 5.74) is 0.611. The molecule has 21 heavy (non-hydrogen) atoms. The van der Waals surface area contributed by atoms with Gasteiger partial charge in [0.2, 0.25) is 0 Å². The second kappa shape index (κ2) is 6.81. The minimum atomic E-state index is -0.441. The summed E-state index contributed by atoms with van der Waals surface area (Å²) in [6.07, 6.45) is 2.93. The first-order valence-corrected chi connectivity index (χ1v) is 7.79. The fourth-order valence-electron chi connectivity index (χ4n) is 2.96. The molecule has 1 aliphatic heterocycles. The van der Waals surface area contributed by atoms with Crippen LogP contribution in [0.1, 0.15) is 30.3 Å². The number of carbonyl (C=O) groups excluding carboxylic acids is 1. The van der Waals surface area contributed by atoms with Crippen molar-refractivity contribution < 1.29 is 9.90 Å². The summed E-state index contributed by atoms with van der Waals surface area (Å²) in [5.74, 6) is -0.0428. The number of likely N-dealkylation sites (N-methyl/N-ethyl adjacent to an activating group) is 1. The molecule has 0 spiro atoms. The van der Waals surface area contributed by atoms with Crippen molar-refractivity contribution in [2.24, 2.45) is 0 Å². The molecule has 0 saturated carbocycles. The summed E-state index contributed by atoms with van der Waals surface area (Å²) >= 11 is 6.05. The van der Waals surface area contributed by atoms with Crippen LogP contribution in [-0.2, 0) is 6.54 Å². The van der Waals surface area contributed by atoms with Crippen LogP contribution in [0.25, 0.3) is 0 Å². The molecular weight excluding hydrogens is 290 g/mol. The number of aromatic nitrogens is 1. The molecule has 1 aromatic rings. The number of hydrogen-bond acceptors (Lipinski definition) is 3. The first-order chi connectivity index (χ1) is 9.92. The predicted molar refractivity (Wildman–Crippen MR) is 83.7 cm³/mol. The molecule has 0 aromatic carbocycles. The number of halogens is 1. The lowest BCUT2D eigenvalue weighted by atomic mass is 10.2. The predicted octanol–water partition coefficient (Wildman–Crippen LogP) is 1.69. The van der Waals surface area contributed by atoms with Crippen molar-refractivity contribution >= 4 is 17.5 Å². The van der Waals surface area contributed by atoms with Gasteiger partial charge in [-0.15, -0.1) is 0 Å². The maximum atomic E-state index is 12.8. The molecule has 1 fully saturated rings. The molecule has 5 nitrogen and oxygen atoms in total. The Kier molecular flexibility index (Phi) is 5.30. The van der Waals surface area contributed by atoms with Gasteiger partial charge in [-0.25, -0.2) is 0 Å².